The summed E-state index contributed by atoms with van der Waals surface area (Å²) in [6.07, 6.45) is 6.85. The minimum atomic E-state index is -0.528. The van der Waals surface area contributed by atoms with E-state index in [1.807, 2.05) is 41.1 Å². The zero-order chi connectivity index (χ0) is 20.7. The highest BCUT2D eigenvalue weighted by Crippen LogP contribution is 2.37. The van der Waals surface area contributed by atoms with E-state index in [1.54, 1.807) is 18.7 Å². The standard InChI is InChI=1S/C23H26ClN3O2/c1-4-12-23(28-13-5-2,15-27-17-25-16-26-27)22-11-10-21(14-18(22)3)29-20-8-6-19(24)7-9-20/h5-11,14,16-17H,2,4,12-13,15H2,1,3H3. The Kier molecular flexibility index (Phi) is 7.07. The summed E-state index contributed by atoms with van der Waals surface area (Å²) in [5, 5.41) is 4.97. The van der Waals surface area contributed by atoms with Crippen LogP contribution in [-0.2, 0) is 16.9 Å². The number of rotatable bonds is 10. The van der Waals surface area contributed by atoms with Gasteiger partial charge >= 0.3 is 0 Å². The third-order valence-corrected chi connectivity index (χ3v) is 5.01. The van der Waals surface area contributed by atoms with Gasteiger partial charge in [-0.1, -0.05) is 37.1 Å². The maximum absolute atomic E-state index is 6.37. The second-order valence-corrected chi connectivity index (χ2v) is 7.41. The highest BCUT2D eigenvalue weighted by atomic mass is 35.5. The average Bonchev–Trinajstić information content (AvgIpc) is 3.21. The van der Waals surface area contributed by atoms with Crippen LogP contribution in [0.2, 0.25) is 5.02 Å². The fourth-order valence-electron chi connectivity index (χ4n) is 3.54. The van der Waals surface area contributed by atoms with E-state index in [2.05, 4.69) is 36.6 Å². The van der Waals surface area contributed by atoms with Crippen molar-refractivity contribution in [2.45, 2.75) is 38.8 Å². The number of hydrogen-bond acceptors (Lipinski definition) is 4. The number of benzene rings is 2. The van der Waals surface area contributed by atoms with Crippen LogP contribution in [0.1, 0.15) is 30.9 Å². The highest BCUT2D eigenvalue weighted by molar-refractivity contribution is 6.30. The van der Waals surface area contributed by atoms with E-state index in [0.29, 0.717) is 18.2 Å². The van der Waals surface area contributed by atoms with Crippen LogP contribution in [-0.4, -0.2) is 21.4 Å². The van der Waals surface area contributed by atoms with Crippen LogP contribution in [0, 0.1) is 6.92 Å². The molecule has 0 fully saturated rings. The molecule has 0 aliphatic rings. The SMILES string of the molecule is C=CCOC(CCC)(Cn1cncn1)c1ccc(Oc2ccc(Cl)cc2)cc1C. The number of aryl methyl sites for hydroxylation is 1. The predicted octanol–water partition coefficient (Wildman–Crippen LogP) is 5.93. The molecule has 0 aliphatic heterocycles. The summed E-state index contributed by atoms with van der Waals surface area (Å²) in [7, 11) is 0. The summed E-state index contributed by atoms with van der Waals surface area (Å²) in [5.74, 6) is 1.51. The van der Waals surface area contributed by atoms with E-state index in [-0.39, 0.29) is 0 Å². The Morgan fingerprint density at radius 2 is 1.93 bits per heavy atom. The lowest BCUT2D eigenvalue weighted by Gasteiger charge is -2.35. The first-order chi connectivity index (χ1) is 14.1. The molecule has 0 N–H and O–H groups in total. The lowest BCUT2D eigenvalue weighted by Crippen LogP contribution is -2.36. The van der Waals surface area contributed by atoms with E-state index in [0.717, 1.165) is 35.5 Å². The van der Waals surface area contributed by atoms with Crippen molar-refractivity contribution in [3.63, 3.8) is 0 Å². The molecule has 1 atom stereocenters. The summed E-state index contributed by atoms with van der Waals surface area (Å²) in [6, 6.07) is 13.4. The molecule has 0 radical (unpaired) electrons. The van der Waals surface area contributed by atoms with Gasteiger partial charge in [-0.2, -0.15) is 5.10 Å². The largest absolute Gasteiger partial charge is 0.457 e. The molecule has 29 heavy (non-hydrogen) atoms. The Balaban J connectivity index is 1.93. The van der Waals surface area contributed by atoms with Gasteiger partial charge in [0.2, 0.25) is 0 Å². The molecule has 5 nitrogen and oxygen atoms in total. The molecule has 1 aromatic heterocycles. The molecule has 3 aromatic rings. The van der Waals surface area contributed by atoms with Gasteiger partial charge in [-0.05, 0) is 60.9 Å². The van der Waals surface area contributed by atoms with E-state index in [4.69, 9.17) is 21.1 Å². The van der Waals surface area contributed by atoms with Crippen molar-refractivity contribution in [2.24, 2.45) is 0 Å². The third kappa shape index (κ3) is 5.25. The highest BCUT2D eigenvalue weighted by Gasteiger charge is 2.34. The van der Waals surface area contributed by atoms with Crippen LogP contribution >= 0.6 is 11.6 Å². The summed E-state index contributed by atoms with van der Waals surface area (Å²) in [5.41, 5.74) is 1.67. The minimum Gasteiger partial charge on any atom is -0.457 e. The smallest absolute Gasteiger partial charge is 0.137 e. The zero-order valence-corrected chi connectivity index (χ0v) is 17.6. The van der Waals surface area contributed by atoms with Crippen molar-refractivity contribution in [1.29, 1.82) is 0 Å². The average molecular weight is 412 g/mol. The molecule has 1 unspecified atom stereocenters. The van der Waals surface area contributed by atoms with Crippen LogP contribution in [0.15, 0.2) is 67.8 Å². The number of ether oxygens (including phenoxy) is 2. The molecule has 0 spiro atoms. The maximum Gasteiger partial charge on any atom is 0.137 e. The molecular weight excluding hydrogens is 386 g/mol. The van der Waals surface area contributed by atoms with Crippen LogP contribution in [0.5, 0.6) is 11.5 Å². The van der Waals surface area contributed by atoms with Crippen molar-refractivity contribution in [3.8, 4) is 11.5 Å². The van der Waals surface area contributed by atoms with E-state index in [1.165, 1.54) is 0 Å². The molecule has 0 aliphatic carbocycles. The van der Waals surface area contributed by atoms with Crippen molar-refractivity contribution in [1.82, 2.24) is 14.8 Å². The van der Waals surface area contributed by atoms with Crippen LogP contribution in [0.25, 0.3) is 0 Å². The number of halogens is 1. The van der Waals surface area contributed by atoms with Gasteiger partial charge in [0.15, 0.2) is 0 Å². The van der Waals surface area contributed by atoms with Crippen molar-refractivity contribution in [2.75, 3.05) is 6.61 Å². The van der Waals surface area contributed by atoms with Gasteiger partial charge in [-0.15, -0.1) is 6.58 Å². The number of hydrogen-bond donors (Lipinski definition) is 0. The van der Waals surface area contributed by atoms with Gasteiger partial charge in [-0.25, -0.2) is 9.67 Å². The van der Waals surface area contributed by atoms with Crippen LogP contribution in [0.4, 0.5) is 0 Å². The number of aromatic nitrogens is 3. The van der Waals surface area contributed by atoms with Crippen molar-refractivity contribution in [3.05, 3.63) is 83.9 Å². The first-order valence-electron chi connectivity index (χ1n) is 9.68. The molecule has 0 saturated heterocycles. The molecule has 6 heteroatoms. The van der Waals surface area contributed by atoms with Gasteiger partial charge in [0.05, 0.1) is 13.2 Å². The van der Waals surface area contributed by atoms with Gasteiger partial charge in [-0.3, -0.25) is 0 Å². The monoisotopic (exact) mass is 411 g/mol. The first-order valence-corrected chi connectivity index (χ1v) is 10.1. The maximum atomic E-state index is 6.37. The van der Waals surface area contributed by atoms with Crippen LogP contribution < -0.4 is 4.74 Å². The predicted molar refractivity (Wildman–Crippen MR) is 115 cm³/mol. The summed E-state index contributed by atoms with van der Waals surface area (Å²) in [6.45, 7) is 9.08. The molecule has 0 bridgehead atoms. The zero-order valence-electron chi connectivity index (χ0n) is 16.8. The molecular formula is C23H26ClN3O2. The summed E-state index contributed by atoms with van der Waals surface area (Å²) < 4.78 is 14.2. The fraction of sp³-hybridized carbons (Fsp3) is 0.304. The van der Waals surface area contributed by atoms with Gasteiger partial charge in [0.25, 0.3) is 0 Å². The summed E-state index contributed by atoms with van der Waals surface area (Å²) >= 11 is 5.95. The van der Waals surface area contributed by atoms with Crippen molar-refractivity contribution >= 4 is 11.6 Å². The van der Waals surface area contributed by atoms with E-state index in [9.17, 15) is 0 Å². The van der Waals surface area contributed by atoms with E-state index >= 15 is 0 Å². The second kappa shape index (κ2) is 9.72. The normalized spacial score (nSPS) is 13.1. The first kappa shape index (κ1) is 21.1. The van der Waals surface area contributed by atoms with Gasteiger partial charge in [0, 0.05) is 5.02 Å². The fourth-order valence-corrected chi connectivity index (χ4v) is 3.67. The molecule has 1 heterocycles. The molecule has 0 saturated carbocycles. The molecule has 152 valence electrons. The second-order valence-electron chi connectivity index (χ2n) is 6.97. The Bertz CT molecular complexity index is 926. The lowest BCUT2D eigenvalue weighted by molar-refractivity contribution is -0.0593. The minimum absolute atomic E-state index is 0.456. The Morgan fingerprint density at radius 1 is 1.17 bits per heavy atom. The van der Waals surface area contributed by atoms with Gasteiger partial charge in [0.1, 0.15) is 29.8 Å². The third-order valence-electron chi connectivity index (χ3n) is 4.75. The quantitative estimate of drug-likeness (QED) is 0.388. The Hall–Kier alpha value is -2.63. The van der Waals surface area contributed by atoms with E-state index < -0.39 is 5.60 Å². The van der Waals surface area contributed by atoms with Gasteiger partial charge < -0.3 is 9.47 Å². The lowest BCUT2D eigenvalue weighted by atomic mass is 9.85. The summed E-state index contributed by atoms with van der Waals surface area (Å²) in [4.78, 5) is 4.08. The molecule has 2 aromatic carbocycles. The molecule has 3 rings (SSSR count). The van der Waals surface area contributed by atoms with Crippen LogP contribution in [0.3, 0.4) is 0 Å². The Morgan fingerprint density at radius 3 is 2.55 bits per heavy atom. The van der Waals surface area contributed by atoms with Crippen molar-refractivity contribution < 1.29 is 9.47 Å². The Labute approximate surface area is 176 Å². The number of nitrogens with zero attached hydrogens (tertiary/aromatic N) is 3. The molecule has 0 amide bonds. The topological polar surface area (TPSA) is 49.2 Å².